The van der Waals surface area contributed by atoms with Crippen LogP contribution in [0.5, 0.6) is 0 Å². The molecule has 1 fully saturated rings. The third kappa shape index (κ3) is 3.35. The van der Waals surface area contributed by atoms with Crippen LogP contribution in [0, 0.1) is 13.8 Å². The second-order valence-corrected chi connectivity index (χ2v) is 5.89. The number of rotatable bonds is 4. The van der Waals surface area contributed by atoms with Crippen LogP contribution >= 0.6 is 0 Å². The molecule has 7 heteroatoms. The molecule has 1 aliphatic rings. The summed E-state index contributed by atoms with van der Waals surface area (Å²) in [7, 11) is 0. The van der Waals surface area contributed by atoms with Crippen molar-refractivity contribution in [2.45, 2.75) is 45.6 Å². The first-order valence-corrected chi connectivity index (χ1v) is 7.69. The van der Waals surface area contributed by atoms with Crippen LogP contribution in [0.3, 0.4) is 0 Å². The van der Waals surface area contributed by atoms with Gasteiger partial charge in [-0.2, -0.15) is 10.1 Å². The topological polar surface area (TPSA) is 77.1 Å². The van der Waals surface area contributed by atoms with Crippen LogP contribution in [0.25, 0.3) is 0 Å². The molecule has 2 aromatic heterocycles. The Morgan fingerprint density at radius 2 is 2.32 bits per heavy atom. The predicted octanol–water partition coefficient (Wildman–Crippen LogP) is 1.68. The largest absolute Gasteiger partial charge is 0.342 e. The molecule has 0 N–H and O–H groups in total. The van der Waals surface area contributed by atoms with Crippen LogP contribution in [-0.4, -0.2) is 43.8 Å². The zero-order valence-corrected chi connectivity index (χ0v) is 13.0. The number of carbonyl (C=O) groups is 1. The zero-order valence-electron chi connectivity index (χ0n) is 13.0. The molecule has 1 amide bonds. The van der Waals surface area contributed by atoms with Gasteiger partial charge in [0.2, 0.25) is 11.8 Å². The Morgan fingerprint density at radius 1 is 1.45 bits per heavy atom. The Bertz CT molecular complexity index is 648. The number of aryl methyl sites for hydroxylation is 3. The molecule has 1 aliphatic heterocycles. The van der Waals surface area contributed by atoms with Crippen LogP contribution in [0.1, 0.15) is 42.5 Å². The molecule has 1 atom stereocenters. The maximum absolute atomic E-state index is 12.4. The van der Waals surface area contributed by atoms with E-state index in [0.717, 1.165) is 24.9 Å². The first-order chi connectivity index (χ1) is 10.6. The van der Waals surface area contributed by atoms with E-state index in [9.17, 15) is 4.79 Å². The minimum Gasteiger partial charge on any atom is -0.342 e. The minimum atomic E-state index is 0.158. The molecule has 3 heterocycles. The SMILES string of the molecule is Cc1cnn(CCC(=O)N2CCC[C@@H](c3nc(C)no3)C2)c1. The van der Waals surface area contributed by atoms with Gasteiger partial charge in [0.05, 0.1) is 12.1 Å². The molecular weight excluding hydrogens is 282 g/mol. The standard InChI is InChI=1S/C15H21N5O2/c1-11-8-16-20(9-11)7-5-14(21)19-6-3-4-13(10-19)15-17-12(2)18-22-15/h8-9,13H,3-7,10H2,1-2H3/t13-/m1/s1. The smallest absolute Gasteiger partial charge is 0.231 e. The van der Waals surface area contributed by atoms with E-state index < -0.39 is 0 Å². The number of nitrogens with zero attached hydrogens (tertiary/aromatic N) is 5. The van der Waals surface area contributed by atoms with Gasteiger partial charge in [-0.15, -0.1) is 0 Å². The molecule has 22 heavy (non-hydrogen) atoms. The summed E-state index contributed by atoms with van der Waals surface area (Å²) in [5, 5.41) is 8.05. The van der Waals surface area contributed by atoms with Gasteiger partial charge >= 0.3 is 0 Å². The number of likely N-dealkylation sites (tertiary alicyclic amines) is 1. The first-order valence-electron chi connectivity index (χ1n) is 7.69. The Kier molecular flexibility index (Phi) is 4.22. The van der Waals surface area contributed by atoms with E-state index in [1.54, 1.807) is 6.20 Å². The highest BCUT2D eigenvalue weighted by Gasteiger charge is 2.28. The highest BCUT2D eigenvalue weighted by molar-refractivity contribution is 5.76. The van der Waals surface area contributed by atoms with Gasteiger partial charge in [-0.05, 0) is 32.3 Å². The first kappa shape index (κ1) is 14.7. The van der Waals surface area contributed by atoms with Gasteiger partial charge in [0, 0.05) is 32.3 Å². The number of piperidine rings is 1. The molecular formula is C15H21N5O2. The Balaban J connectivity index is 1.55. The molecule has 7 nitrogen and oxygen atoms in total. The summed E-state index contributed by atoms with van der Waals surface area (Å²) in [5.74, 6) is 1.62. The van der Waals surface area contributed by atoms with Crippen LogP contribution < -0.4 is 0 Å². The second kappa shape index (κ2) is 6.29. The van der Waals surface area contributed by atoms with E-state index in [1.165, 1.54) is 0 Å². The maximum atomic E-state index is 12.4. The highest BCUT2D eigenvalue weighted by atomic mass is 16.5. The van der Waals surface area contributed by atoms with Crippen molar-refractivity contribution in [3.63, 3.8) is 0 Å². The monoisotopic (exact) mass is 303 g/mol. The molecule has 0 spiro atoms. The summed E-state index contributed by atoms with van der Waals surface area (Å²) in [5.41, 5.74) is 1.11. The molecule has 0 aliphatic carbocycles. The molecule has 118 valence electrons. The van der Waals surface area contributed by atoms with Gasteiger partial charge in [0.15, 0.2) is 5.82 Å². The fourth-order valence-electron chi connectivity index (χ4n) is 2.84. The number of aromatic nitrogens is 4. The second-order valence-electron chi connectivity index (χ2n) is 5.89. The molecule has 0 radical (unpaired) electrons. The summed E-state index contributed by atoms with van der Waals surface area (Å²) in [4.78, 5) is 18.6. The molecule has 0 bridgehead atoms. The molecule has 3 rings (SSSR count). The van der Waals surface area contributed by atoms with E-state index in [1.807, 2.05) is 29.6 Å². The van der Waals surface area contributed by atoms with Crippen molar-refractivity contribution in [2.24, 2.45) is 0 Å². The van der Waals surface area contributed by atoms with E-state index >= 15 is 0 Å². The van der Waals surface area contributed by atoms with E-state index in [2.05, 4.69) is 15.2 Å². The summed E-state index contributed by atoms with van der Waals surface area (Å²) in [6, 6.07) is 0. The third-order valence-corrected chi connectivity index (χ3v) is 3.98. The summed E-state index contributed by atoms with van der Waals surface area (Å²) in [6.07, 6.45) is 6.19. The van der Waals surface area contributed by atoms with Gasteiger partial charge in [-0.1, -0.05) is 5.16 Å². The average molecular weight is 303 g/mol. The number of hydrogen-bond acceptors (Lipinski definition) is 5. The number of carbonyl (C=O) groups excluding carboxylic acids is 1. The fraction of sp³-hybridized carbons (Fsp3) is 0.600. The van der Waals surface area contributed by atoms with E-state index in [-0.39, 0.29) is 11.8 Å². The van der Waals surface area contributed by atoms with Gasteiger partial charge in [-0.25, -0.2) is 0 Å². The molecule has 1 saturated heterocycles. The van der Waals surface area contributed by atoms with Crippen molar-refractivity contribution < 1.29 is 9.32 Å². The van der Waals surface area contributed by atoms with Crippen LogP contribution in [0.2, 0.25) is 0 Å². The lowest BCUT2D eigenvalue weighted by Gasteiger charge is -2.31. The Hall–Kier alpha value is -2.18. The van der Waals surface area contributed by atoms with Crippen molar-refractivity contribution in [3.05, 3.63) is 29.7 Å². The van der Waals surface area contributed by atoms with Gasteiger partial charge in [-0.3, -0.25) is 9.48 Å². The van der Waals surface area contributed by atoms with Crippen molar-refractivity contribution >= 4 is 5.91 Å². The van der Waals surface area contributed by atoms with Gasteiger partial charge in [0.1, 0.15) is 0 Å². The van der Waals surface area contributed by atoms with Crippen molar-refractivity contribution in [3.8, 4) is 0 Å². The van der Waals surface area contributed by atoms with E-state index in [4.69, 9.17) is 4.52 Å². The molecule has 0 unspecified atom stereocenters. The fourth-order valence-corrected chi connectivity index (χ4v) is 2.84. The lowest BCUT2D eigenvalue weighted by atomic mass is 9.97. The van der Waals surface area contributed by atoms with Crippen LogP contribution in [0.15, 0.2) is 16.9 Å². The molecule has 0 saturated carbocycles. The maximum Gasteiger partial charge on any atom is 0.231 e. The molecule has 2 aromatic rings. The lowest BCUT2D eigenvalue weighted by Crippen LogP contribution is -2.39. The van der Waals surface area contributed by atoms with E-state index in [0.29, 0.717) is 31.2 Å². The number of hydrogen-bond donors (Lipinski definition) is 0. The minimum absolute atomic E-state index is 0.158. The third-order valence-electron chi connectivity index (χ3n) is 3.98. The van der Waals surface area contributed by atoms with Crippen molar-refractivity contribution in [1.82, 2.24) is 24.8 Å². The predicted molar refractivity (Wildman–Crippen MR) is 79.2 cm³/mol. The summed E-state index contributed by atoms with van der Waals surface area (Å²) < 4.78 is 7.07. The Labute approximate surface area is 129 Å². The highest BCUT2D eigenvalue weighted by Crippen LogP contribution is 2.26. The van der Waals surface area contributed by atoms with Crippen LogP contribution in [-0.2, 0) is 11.3 Å². The quantitative estimate of drug-likeness (QED) is 0.859. The normalized spacial score (nSPS) is 18.6. The molecule has 0 aromatic carbocycles. The van der Waals surface area contributed by atoms with Gasteiger partial charge < -0.3 is 9.42 Å². The lowest BCUT2D eigenvalue weighted by molar-refractivity contribution is -0.132. The average Bonchev–Trinajstić information content (AvgIpc) is 3.13. The zero-order chi connectivity index (χ0) is 15.5. The summed E-state index contributed by atoms with van der Waals surface area (Å²) in [6.45, 7) is 5.89. The number of amides is 1. The van der Waals surface area contributed by atoms with Crippen LogP contribution in [0.4, 0.5) is 0 Å². The van der Waals surface area contributed by atoms with Crippen molar-refractivity contribution in [2.75, 3.05) is 13.1 Å². The van der Waals surface area contributed by atoms with Crippen molar-refractivity contribution in [1.29, 1.82) is 0 Å². The summed E-state index contributed by atoms with van der Waals surface area (Å²) >= 11 is 0. The Morgan fingerprint density at radius 3 is 3.00 bits per heavy atom. The van der Waals surface area contributed by atoms with Gasteiger partial charge in [0.25, 0.3) is 0 Å².